The minimum Gasteiger partial charge on any atom is -0.331 e. The number of nitrogens with one attached hydrogen (secondary N) is 1. The summed E-state index contributed by atoms with van der Waals surface area (Å²) < 4.78 is 13.5. The van der Waals surface area contributed by atoms with Crippen molar-refractivity contribution in [1.29, 1.82) is 0 Å². The number of hydrogen-bond donors (Lipinski definition) is 1. The summed E-state index contributed by atoms with van der Waals surface area (Å²) >= 11 is 0. The average molecular weight is 365 g/mol. The standard InChI is InChI=1S/C18H28FN5O2/c1-18(21-8-16(25)24-11-14(19)5-15(24)20-2)6-12-9-23(10-13(12)7-18)17(26)22(3)4/h12-15,21H,5-11H2,1,3-4H3/t12-,13+,14-,15-,18-/m0/s1. The molecule has 0 unspecified atom stereocenters. The molecule has 0 radical (unpaired) electrons. The third-order valence-corrected chi connectivity index (χ3v) is 6.01. The number of carbonyl (C=O) groups is 2. The number of amides is 3. The van der Waals surface area contributed by atoms with E-state index in [0.29, 0.717) is 11.8 Å². The Bertz CT molecular complexity index is 605. The first-order chi connectivity index (χ1) is 12.2. The first-order valence-corrected chi connectivity index (χ1v) is 9.24. The predicted octanol–water partition coefficient (Wildman–Crippen LogP) is 1.17. The van der Waals surface area contributed by atoms with Crippen LogP contribution in [-0.4, -0.2) is 84.8 Å². The van der Waals surface area contributed by atoms with Crippen molar-refractivity contribution in [2.45, 2.75) is 44.1 Å². The third kappa shape index (κ3) is 3.63. The van der Waals surface area contributed by atoms with Gasteiger partial charge in [0.2, 0.25) is 5.91 Å². The maximum atomic E-state index is 13.5. The van der Waals surface area contributed by atoms with Crippen LogP contribution in [0.4, 0.5) is 9.18 Å². The van der Waals surface area contributed by atoms with Gasteiger partial charge in [0, 0.05) is 32.7 Å². The highest BCUT2D eigenvalue weighted by molar-refractivity contribution is 5.79. The molecule has 0 aromatic carbocycles. The van der Waals surface area contributed by atoms with E-state index in [1.807, 2.05) is 4.90 Å². The largest absolute Gasteiger partial charge is 0.331 e. The molecular weight excluding hydrogens is 337 g/mol. The molecule has 3 aliphatic rings. The lowest BCUT2D eigenvalue weighted by atomic mass is 9.98. The Morgan fingerprint density at radius 2 is 1.88 bits per heavy atom. The van der Waals surface area contributed by atoms with Gasteiger partial charge < -0.3 is 15.1 Å². The van der Waals surface area contributed by atoms with Gasteiger partial charge in [-0.15, -0.1) is 0 Å². The molecule has 3 fully saturated rings. The van der Waals surface area contributed by atoms with Crippen molar-refractivity contribution in [3.63, 3.8) is 0 Å². The molecule has 0 aromatic rings. The smallest absolute Gasteiger partial charge is 0.319 e. The van der Waals surface area contributed by atoms with E-state index in [9.17, 15) is 14.0 Å². The fourth-order valence-electron chi connectivity index (χ4n) is 4.77. The van der Waals surface area contributed by atoms with Gasteiger partial charge in [-0.25, -0.2) is 15.8 Å². The lowest BCUT2D eigenvalue weighted by Gasteiger charge is -2.30. The number of nitrogens with zero attached hydrogens (tertiary/aromatic N) is 4. The highest BCUT2D eigenvalue weighted by Crippen LogP contribution is 2.43. The number of likely N-dealkylation sites (tertiary alicyclic amines) is 2. The van der Waals surface area contributed by atoms with Crippen LogP contribution in [-0.2, 0) is 4.79 Å². The maximum absolute atomic E-state index is 13.5. The van der Waals surface area contributed by atoms with Crippen LogP contribution in [0.2, 0.25) is 0 Å². The topological polar surface area (TPSA) is 60.3 Å². The summed E-state index contributed by atoms with van der Waals surface area (Å²) in [6.07, 6.45) is 0.188. The summed E-state index contributed by atoms with van der Waals surface area (Å²) in [5, 5.41) is 3.36. The normalized spacial score (nSPS) is 36.1. The number of fused-ring (bicyclic) bond motifs is 1. The minimum atomic E-state index is -1.10. The van der Waals surface area contributed by atoms with Crippen LogP contribution in [0.25, 0.3) is 4.85 Å². The van der Waals surface area contributed by atoms with Gasteiger partial charge in [-0.2, -0.15) is 0 Å². The highest BCUT2D eigenvalue weighted by atomic mass is 19.1. The zero-order valence-corrected chi connectivity index (χ0v) is 15.7. The molecule has 0 spiro atoms. The van der Waals surface area contributed by atoms with Crippen LogP contribution in [0.15, 0.2) is 0 Å². The molecule has 8 heteroatoms. The molecule has 1 saturated carbocycles. The number of halogens is 1. The fourth-order valence-corrected chi connectivity index (χ4v) is 4.77. The van der Waals surface area contributed by atoms with Crippen LogP contribution < -0.4 is 5.32 Å². The Kier molecular flexibility index (Phi) is 5.11. The molecule has 5 atom stereocenters. The highest BCUT2D eigenvalue weighted by Gasteiger charge is 2.48. The number of rotatable bonds is 3. The van der Waals surface area contributed by atoms with Gasteiger partial charge in [0.1, 0.15) is 6.17 Å². The quantitative estimate of drug-likeness (QED) is 0.764. The number of alkyl halides is 1. The van der Waals surface area contributed by atoms with Gasteiger partial charge in [0.25, 0.3) is 0 Å². The van der Waals surface area contributed by atoms with Gasteiger partial charge in [0.15, 0.2) is 0 Å². The molecule has 0 aromatic heterocycles. The van der Waals surface area contributed by atoms with Crippen molar-refractivity contribution in [2.75, 3.05) is 40.3 Å². The molecular formula is C18H28FN5O2. The number of hydrogen-bond acceptors (Lipinski definition) is 3. The second kappa shape index (κ2) is 7.03. The van der Waals surface area contributed by atoms with Crippen LogP contribution in [0.3, 0.4) is 0 Å². The minimum absolute atomic E-state index is 0.0249. The Balaban J connectivity index is 1.51. The lowest BCUT2D eigenvalue weighted by molar-refractivity contribution is -0.130. The molecule has 3 amide bonds. The number of urea groups is 1. The van der Waals surface area contributed by atoms with E-state index in [-0.39, 0.29) is 37.0 Å². The zero-order valence-electron chi connectivity index (χ0n) is 15.7. The summed E-state index contributed by atoms with van der Waals surface area (Å²) in [5.74, 6) is 0.697. The molecule has 3 rings (SSSR count). The molecule has 1 N–H and O–H groups in total. The summed E-state index contributed by atoms with van der Waals surface area (Å²) in [7, 11) is 3.54. The molecule has 2 heterocycles. The summed E-state index contributed by atoms with van der Waals surface area (Å²) in [6, 6.07) is 0.0595. The van der Waals surface area contributed by atoms with Crippen LogP contribution in [0, 0.1) is 18.4 Å². The van der Waals surface area contributed by atoms with E-state index in [0.717, 1.165) is 25.9 Å². The Morgan fingerprint density at radius 1 is 1.27 bits per heavy atom. The van der Waals surface area contributed by atoms with Crippen molar-refractivity contribution in [3.8, 4) is 0 Å². The monoisotopic (exact) mass is 365 g/mol. The lowest BCUT2D eigenvalue weighted by Crippen LogP contribution is -2.48. The average Bonchev–Trinajstić information content (AvgIpc) is 3.22. The van der Waals surface area contributed by atoms with E-state index >= 15 is 0 Å². The summed E-state index contributed by atoms with van der Waals surface area (Å²) in [5.41, 5.74) is -0.152. The molecule has 144 valence electrons. The predicted molar refractivity (Wildman–Crippen MR) is 94.9 cm³/mol. The van der Waals surface area contributed by atoms with Crippen molar-refractivity contribution in [2.24, 2.45) is 11.8 Å². The maximum Gasteiger partial charge on any atom is 0.319 e. The van der Waals surface area contributed by atoms with Crippen molar-refractivity contribution >= 4 is 11.9 Å². The van der Waals surface area contributed by atoms with Crippen molar-refractivity contribution < 1.29 is 14.0 Å². The first-order valence-electron chi connectivity index (χ1n) is 9.24. The second-order valence-electron chi connectivity index (χ2n) is 8.41. The second-order valence-corrected chi connectivity index (χ2v) is 8.41. The van der Waals surface area contributed by atoms with Crippen LogP contribution in [0.5, 0.6) is 0 Å². The molecule has 2 aliphatic heterocycles. The van der Waals surface area contributed by atoms with E-state index in [1.165, 1.54) is 4.90 Å². The number of carbonyl (C=O) groups excluding carboxylic acids is 2. The van der Waals surface area contributed by atoms with E-state index in [4.69, 9.17) is 6.57 Å². The van der Waals surface area contributed by atoms with E-state index < -0.39 is 12.3 Å². The van der Waals surface area contributed by atoms with Gasteiger partial charge >= 0.3 is 12.2 Å². The van der Waals surface area contributed by atoms with E-state index in [1.54, 1.807) is 19.0 Å². The Morgan fingerprint density at radius 3 is 2.42 bits per heavy atom. The van der Waals surface area contributed by atoms with Gasteiger partial charge in [0.05, 0.1) is 19.5 Å². The molecule has 2 saturated heterocycles. The summed E-state index contributed by atoms with van der Waals surface area (Å²) in [4.78, 5) is 32.8. The van der Waals surface area contributed by atoms with Gasteiger partial charge in [-0.3, -0.25) is 14.5 Å². The fraction of sp³-hybridized carbons (Fsp3) is 0.833. The SMILES string of the molecule is [C-]#[N+][C@@H]1C[C@H](F)CN1C(=O)CN[C@@]1(C)C[C@H]2CN(C(=O)N(C)C)C[C@H]2C1. The van der Waals surface area contributed by atoms with Crippen LogP contribution in [0.1, 0.15) is 26.2 Å². The van der Waals surface area contributed by atoms with Crippen LogP contribution >= 0.6 is 0 Å². The zero-order chi connectivity index (χ0) is 19.1. The molecule has 26 heavy (non-hydrogen) atoms. The Hall–Kier alpha value is -1.88. The summed E-state index contributed by atoms with van der Waals surface area (Å²) in [6.45, 7) is 10.9. The van der Waals surface area contributed by atoms with E-state index in [2.05, 4.69) is 17.1 Å². The Labute approximate surface area is 154 Å². The van der Waals surface area contributed by atoms with Crippen molar-refractivity contribution in [1.82, 2.24) is 20.0 Å². The van der Waals surface area contributed by atoms with Crippen molar-refractivity contribution in [3.05, 3.63) is 11.4 Å². The molecule has 7 nitrogen and oxygen atoms in total. The molecule has 1 aliphatic carbocycles. The van der Waals surface area contributed by atoms with Gasteiger partial charge in [-0.1, -0.05) is 0 Å². The third-order valence-electron chi connectivity index (χ3n) is 6.01. The van der Waals surface area contributed by atoms with Gasteiger partial charge in [-0.05, 0) is 31.6 Å². The first kappa shape index (κ1) is 18.9. The molecule has 0 bridgehead atoms.